The van der Waals surface area contributed by atoms with Gasteiger partial charge in [0.05, 0.1) is 0 Å². The Morgan fingerprint density at radius 1 is 0.568 bits per heavy atom. The highest BCUT2D eigenvalue weighted by Gasteiger charge is 2.10. The summed E-state index contributed by atoms with van der Waals surface area (Å²) in [6, 6.07) is 0. The molecule has 0 bridgehead atoms. The van der Waals surface area contributed by atoms with Crippen molar-refractivity contribution in [2.24, 2.45) is 0 Å². The second-order valence-corrected chi connectivity index (χ2v) is 12.1. The molecule has 0 saturated heterocycles. The molecule has 1 atom stereocenters. The molecule has 5 nitrogen and oxygen atoms in total. The summed E-state index contributed by atoms with van der Waals surface area (Å²) in [6.45, 7) is 4.53. The van der Waals surface area contributed by atoms with E-state index in [2.05, 4.69) is 67.8 Å². The number of aliphatic hydroxyl groups is 1. The third-order valence-electron chi connectivity index (χ3n) is 7.66. The Bertz CT molecular complexity index is 693. The van der Waals surface area contributed by atoms with Crippen LogP contribution in [0.3, 0.4) is 0 Å². The molecule has 0 aliphatic heterocycles. The van der Waals surface area contributed by atoms with Crippen LogP contribution in [0.15, 0.2) is 48.6 Å². The van der Waals surface area contributed by atoms with Crippen LogP contribution in [0, 0.1) is 0 Å². The number of carbonyl (C=O) groups is 2. The fourth-order valence-electron chi connectivity index (χ4n) is 4.82. The van der Waals surface area contributed by atoms with Gasteiger partial charge in [-0.05, 0) is 77.0 Å². The Morgan fingerprint density at radius 2 is 0.977 bits per heavy atom. The maximum atomic E-state index is 12.0. The molecular formula is C39H69NO4. The van der Waals surface area contributed by atoms with Crippen LogP contribution in [0.25, 0.3) is 0 Å². The lowest BCUT2D eigenvalue weighted by molar-refractivity contribution is -0.146. The van der Waals surface area contributed by atoms with E-state index in [0.717, 1.165) is 64.2 Å². The van der Waals surface area contributed by atoms with Crippen LogP contribution >= 0.6 is 0 Å². The van der Waals surface area contributed by atoms with E-state index in [1.807, 2.05) is 0 Å². The normalized spacial score (nSPS) is 12.7. The predicted octanol–water partition coefficient (Wildman–Crippen LogP) is 10.6. The third-order valence-corrected chi connectivity index (χ3v) is 7.66. The topological polar surface area (TPSA) is 75.6 Å². The zero-order valence-electron chi connectivity index (χ0n) is 28.8. The van der Waals surface area contributed by atoms with Crippen LogP contribution in [0.1, 0.15) is 168 Å². The maximum absolute atomic E-state index is 12.0. The van der Waals surface area contributed by atoms with Gasteiger partial charge in [0.2, 0.25) is 5.91 Å². The molecule has 5 heteroatoms. The average Bonchev–Trinajstić information content (AvgIpc) is 3.02. The number of ether oxygens (including phenoxy) is 1. The van der Waals surface area contributed by atoms with Crippen LogP contribution in [-0.2, 0) is 14.3 Å². The molecule has 44 heavy (non-hydrogen) atoms. The highest BCUT2D eigenvalue weighted by atomic mass is 16.5. The van der Waals surface area contributed by atoms with Gasteiger partial charge in [-0.1, -0.05) is 127 Å². The number of hydrogen-bond acceptors (Lipinski definition) is 4. The number of nitrogens with one attached hydrogen (secondary N) is 1. The van der Waals surface area contributed by atoms with Crippen molar-refractivity contribution in [1.82, 2.24) is 5.32 Å². The Balaban J connectivity index is 3.51. The minimum atomic E-state index is -0.864. The first-order chi connectivity index (χ1) is 21.6. The van der Waals surface area contributed by atoms with Gasteiger partial charge < -0.3 is 15.2 Å². The molecule has 0 aliphatic carbocycles. The Labute approximate surface area is 272 Å². The standard InChI is InChI=1S/C39H69NO4/c1-3-5-7-9-11-13-15-17-19-21-23-25-27-29-31-33-38(42)40-35-37(41)36-44-39(43)34-32-30-28-26-24-22-20-18-16-14-12-10-8-6-4-2/h11-14,17-20,37,41H,3-10,15-16,21-36H2,1-2H3,(H,40,42). The number of unbranched alkanes of at least 4 members (excludes halogenated alkanes) is 16. The van der Waals surface area contributed by atoms with Gasteiger partial charge in [0, 0.05) is 19.4 Å². The number of aliphatic hydroxyl groups excluding tert-OH is 1. The summed E-state index contributed by atoms with van der Waals surface area (Å²) in [6.07, 6.45) is 43.5. The number of esters is 1. The molecule has 0 rings (SSSR count). The van der Waals surface area contributed by atoms with Crippen LogP contribution in [0.5, 0.6) is 0 Å². The number of hydrogen-bond donors (Lipinski definition) is 2. The molecule has 0 saturated carbocycles. The summed E-state index contributed by atoms with van der Waals surface area (Å²) in [5, 5.41) is 12.8. The van der Waals surface area contributed by atoms with E-state index in [1.54, 1.807) is 0 Å². The smallest absolute Gasteiger partial charge is 0.305 e. The number of amides is 1. The van der Waals surface area contributed by atoms with E-state index >= 15 is 0 Å². The van der Waals surface area contributed by atoms with Gasteiger partial charge in [0.1, 0.15) is 12.7 Å². The largest absolute Gasteiger partial charge is 0.463 e. The van der Waals surface area contributed by atoms with Crippen LogP contribution in [-0.4, -0.2) is 36.2 Å². The molecule has 0 radical (unpaired) electrons. The van der Waals surface area contributed by atoms with Gasteiger partial charge in [0.15, 0.2) is 0 Å². The lowest BCUT2D eigenvalue weighted by Gasteiger charge is -2.12. The molecule has 0 aromatic heterocycles. The van der Waals surface area contributed by atoms with Crippen molar-refractivity contribution >= 4 is 11.9 Å². The monoisotopic (exact) mass is 616 g/mol. The highest BCUT2D eigenvalue weighted by Crippen LogP contribution is 2.10. The average molecular weight is 616 g/mol. The summed E-state index contributed by atoms with van der Waals surface area (Å²) in [7, 11) is 0. The SMILES string of the molecule is CCCCCC=CCC=CCCCCCCCC(=O)NCC(O)COC(=O)CCCCCCCC=CCC=CCCCCC. The van der Waals surface area contributed by atoms with Crippen molar-refractivity contribution in [2.45, 2.75) is 174 Å². The van der Waals surface area contributed by atoms with Gasteiger partial charge in [-0.2, -0.15) is 0 Å². The van der Waals surface area contributed by atoms with E-state index < -0.39 is 6.10 Å². The molecule has 254 valence electrons. The Morgan fingerprint density at radius 3 is 1.45 bits per heavy atom. The lowest BCUT2D eigenvalue weighted by Crippen LogP contribution is -2.35. The van der Waals surface area contributed by atoms with Crippen molar-refractivity contribution in [1.29, 1.82) is 0 Å². The Kier molecular flexibility index (Phi) is 33.6. The maximum Gasteiger partial charge on any atom is 0.305 e. The molecule has 0 spiro atoms. The van der Waals surface area contributed by atoms with Gasteiger partial charge >= 0.3 is 5.97 Å². The van der Waals surface area contributed by atoms with Gasteiger partial charge in [-0.15, -0.1) is 0 Å². The molecule has 0 aromatic carbocycles. The summed E-state index contributed by atoms with van der Waals surface area (Å²) in [4.78, 5) is 24.0. The van der Waals surface area contributed by atoms with Crippen molar-refractivity contribution in [3.63, 3.8) is 0 Å². The van der Waals surface area contributed by atoms with Gasteiger partial charge in [0.25, 0.3) is 0 Å². The van der Waals surface area contributed by atoms with Crippen LogP contribution in [0.4, 0.5) is 0 Å². The molecule has 0 aliphatic rings. The molecule has 1 unspecified atom stereocenters. The van der Waals surface area contributed by atoms with E-state index in [0.29, 0.717) is 12.8 Å². The minimum Gasteiger partial charge on any atom is -0.463 e. The first-order valence-electron chi connectivity index (χ1n) is 18.3. The quantitative estimate of drug-likeness (QED) is 0.0448. The van der Waals surface area contributed by atoms with E-state index in [9.17, 15) is 14.7 Å². The van der Waals surface area contributed by atoms with Crippen molar-refractivity contribution in [3.05, 3.63) is 48.6 Å². The predicted molar refractivity (Wildman–Crippen MR) is 189 cm³/mol. The number of carbonyl (C=O) groups excluding carboxylic acids is 2. The van der Waals surface area contributed by atoms with Crippen LogP contribution in [0.2, 0.25) is 0 Å². The van der Waals surface area contributed by atoms with E-state index in [-0.39, 0.29) is 25.0 Å². The summed E-state index contributed by atoms with van der Waals surface area (Å²) >= 11 is 0. The van der Waals surface area contributed by atoms with Crippen LogP contribution < -0.4 is 5.32 Å². The van der Waals surface area contributed by atoms with Crippen molar-refractivity contribution in [2.75, 3.05) is 13.2 Å². The third kappa shape index (κ3) is 34.4. The summed E-state index contributed by atoms with van der Waals surface area (Å²) in [5.41, 5.74) is 0. The first-order valence-corrected chi connectivity index (χ1v) is 18.3. The van der Waals surface area contributed by atoms with E-state index in [1.165, 1.54) is 77.0 Å². The number of allylic oxidation sites excluding steroid dienone is 8. The molecule has 0 aromatic rings. The first kappa shape index (κ1) is 41.9. The molecule has 0 fully saturated rings. The second-order valence-electron chi connectivity index (χ2n) is 12.1. The molecule has 0 heterocycles. The van der Waals surface area contributed by atoms with Crippen molar-refractivity contribution in [3.8, 4) is 0 Å². The summed E-state index contributed by atoms with van der Waals surface area (Å²) in [5.74, 6) is -0.322. The minimum absolute atomic E-state index is 0.0498. The highest BCUT2D eigenvalue weighted by molar-refractivity contribution is 5.75. The zero-order chi connectivity index (χ0) is 32.2. The molecule has 2 N–H and O–H groups in total. The van der Waals surface area contributed by atoms with E-state index in [4.69, 9.17) is 4.74 Å². The summed E-state index contributed by atoms with van der Waals surface area (Å²) < 4.78 is 5.18. The molecule has 1 amide bonds. The van der Waals surface area contributed by atoms with Gasteiger partial charge in [-0.3, -0.25) is 9.59 Å². The van der Waals surface area contributed by atoms with Crippen molar-refractivity contribution < 1.29 is 19.4 Å². The second kappa shape index (κ2) is 35.3. The number of rotatable bonds is 32. The van der Waals surface area contributed by atoms with Gasteiger partial charge in [-0.25, -0.2) is 0 Å². The fourth-order valence-corrected chi connectivity index (χ4v) is 4.82. The Hall–Kier alpha value is -2.14. The fraction of sp³-hybridized carbons (Fsp3) is 0.744. The zero-order valence-corrected chi connectivity index (χ0v) is 28.8. The molecular weight excluding hydrogens is 546 g/mol. The lowest BCUT2D eigenvalue weighted by atomic mass is 10.1.